The van der Waals surface area contributed by atoms with Crippen molar-refractivity contribution < 1.29 is 9.53 Å². The lowest BCUT2D eigenvalue weighted by atomic mass is 10.2. The van der Waals surface area contributed by atoms with E-state index < -0.39 is 6.10 Å². The lowest BCUT2D eigenvalue weighted by Gasteiger charge is -2.22. The van der Waals surface area contributed by atoms with Crippen LogP contribution < -0.4 is 9.64 Å². The van der Waals surface area contributed by atoms with E-state index in [2.05, 4.69) is 0 Å². The summed E-state index contributed by atoms with van der Waals surface area (Å²) in [6.07, 6.45) is 0.251. The second kappa shape index (κ2) is 6.19. The number of ether oxygens (including phenoxy) is 1. The first-order chi connectivity index (χ1) is 10.6. The average molecular weight is 336 g/mol. The molecule has 0 spiro atoms. The molecule has 2 aromatic rings. The van der Waals surface area contributed by atoms with Crippen LogP contribution >= 0.6 is 23.2 Å². The molecule has 0 N–H and O–H groups in total. The first-order valence-electron chi connectivity index (χ1n) is 7.07. The molecule has 0 aromatic heterocycles. The molecule has 22 heavy (non-hydrogen) atoms. The summed E-state index contributed by atoms with van der Waals surface area (Å²) in [5.41, 5.74) is 2.15. The highest BCUT2D eigenvalue weighted by Gasteiger charge is 2.29. The topological polar surface area (TPSA) is 29.5 Å². The minimum atomic E-state index is -0.621. The summed E-state index contributed by atoms with van der Waals surface area (Å²) in [6.45, 7) is 2.41. The van der Waals surface area contributed by atoms with Gasteiger partial charge in [0.25, 0.3) is 5.91 Å². The number of carbonyl (C=O) groups excluding carboxylic acids is 1. The van der Waals surface area contributed by atoms with Crippen LogP contribution in [0.5, 0.6) is 5.75 Å². The maximum Gasteiger partial charge on any atom is 0.267 e. The lowest BCUT2D eigenvalue weighted by Crippen LogP contribution is -2.39. The van der Waals surface area contributed by atoms with Gasteiger partial charge in [-0.05, 0) is 43.2 Å². The molecule has 0 bridgehead atoms. The molecule has 0 radical (unpaired) electrons. The maximum absolute atomic E-state index is 12.6. The molecule has 1 heterocycles. The van der Waals surface area contributed by atoms with E-state index in [4.69, 9.17) is 27.9 Å². The Morgan fingerprint density at radius 2 is 2.00 bits per heavy atom. The van der Waals surface area contributed by atoms with Gasteiger partial charge in [-0.2, -0.15) is 0 Å². The molecule has 1 amide bonds. The van der Waals surface area contributed by atoms with Gasteiger partial charge in [-0.3, -0.25) is 4.79 Å². The fourth-order valence-electron chi connectivity index (χ4n) is 2.60. The Balaban J connectivity index is 1.76. The number of amides is 1. The number of halogens is 2. The van der Waals surface area contributed by atoms with Crippen molar-refractivity contribution in [1.29, 1.82) is 0 Å². The molecular weight excluding hydrogens is 321 g/mol. The van der Waals surface area contributed by atoms with Gasteiger partial charge in [-0.1, -0.05) is 41.4 Å². The number of nitrogens with zero attached hydrogens (tertiary/aromatic N) is 1. The second-order valence-corrected chi connectivity index (χ2v) is 6.05. The minimum absolute atomic E-state index is 0.0732. The predicted octanol–water partition coefficient (Wildman–Crippen LogP) is 4.35. The van der Waals surface area contributed by atoms with E-state index in [0.717, 1.165) is 12.1 Å². The van der Waals surface area contributed by atoms with Crippen molar-refractivity contribution in [1.82, 2.24) is 0 Å². The molecule has 0 saturated heterocycles. The zero-order chi connectivity index (χ0) is 15.7. The molecule has 0 fully saturated rings. The zero-order valence-electron chi connectivity index (χ0n) is 12.1. The molecule has 1 aliphatic rings. The molecule has 0 saturated carbocycles. The van der Waals surface area contributed by atoms with Gasteiger partial charge < -0.3 is 9.64 Å². The van der Waals surface area contributed by atoms with Crippen molar-refractivity contribution in [3.05, 3.63) is 58.1 Å². The summed E-state index contributed by atoms with van der Waals surface area (Å²) in [6, 6.07) is 12.9. The van der Waals surface area contributed by atoms with Crippen molar-refractivity contribution in [2.45, 2.75) is 19.4 Å². The Labute approximate surface area is 139 Å². The second-order valence-electron chi connectivity index (χ2n) is 5.20. The number of hydrogen-bond acceptors (Lipinski definition) is 2. The standard InChI is InChI=1S/C17H15Cl2NO2/c1-11(22-16-7-6-13(18)10-14(16)19)17(21)20-9-8-12-4-2-3-5-15(12)20/h2-7,10-11H,8-9H2,1H3/t11-/m1/s1. The van der Waals surface area contributed by atoms with Crippen LogP contribution in [0.2, 0.25) is 10.0 Å². The molecule has 2 aromatic carbocycles. The molecule has 1 aliphatic heterocycles. The van der Waals surface area contributed by atoms with Crippen molar-refractivity contribution in [3.63, 3.8) is 0 Å². The van der Waals surface area contributed by atoms with Gasteiger partial charge in [-0.15, -0.1) is 0 Å². The largest absolute Gasteiger partial charge is 0.479 e. The van der Waals surface area contributed by atoms with Crippen molar-refractivity contribution in [2.75, 3.05) is 11.4 Å². The van der Waals surface area contributed by atoms with Crippen LogP contribution in [0.3, 0.4) is 0 Å². The monoisotopic (exact) mass is 335 g/mol. The van der Waals surface area contributed by atoms with Crippen LogP contribution in [0.4, 0.5) is 5.69 Å². The fraction of sp³-hybridized carbons (Fsp3) is 0.235. The highest BCUT2D eigenvalue weighted by molar-refractivity contribution is 6.35. The summed E-state index contributed by atoms with van der Waals surface area (Å²) >= 11 is 11.9. The average Bonchev–Trinajstić information content (AvgIpc) is 2.93. The number of benzene rings is 2. The van der Waals surface area contributed by atoms with E-state index in [1.165, 1.54) is 5.56 Å². The Morgan fingerprint density at radius 3 is 2.77 bits per heavy atom. The number of rotatable bonds is 3. The first-order valence-corrected chi connectivity index (χ1v) is 7.83. The predicted molar refractivity (Wildman–Crippen MR) is 89.1 cm³/mol. The molecule has 0 aliphatic carbocycles. The molecular formula is C17H15Cl2NO2. The van der Waals surface area contributed by atoms with Gasteiger partial charge in [-0.25, -0.2) is 0 Å². The number of carbonyl (C=O) groups is 1. The highest BCUT2D eigenvalue weighted by atomic mass is 35.5. The van der Waals surface area contributed by atoms with E-state index in [1.54, 1.807) is 30.0 Å². The van der Waals surface area contributed by atoms with Crippen molar-refractivity contribution >= 4 is 34.8 Å². The van der Waals surface area contributed by atoms with E-state index in [1.807, 2.05) is 24.3 Å². The number of hydrogen-bond donors (Lipinski definition) is 0. The summed E-state index contributed by atoms with van der Waals surface area (Å²) in [5, 5.41) is 0.929. The van der Waals surface area contributed by atoms with Crippen LogP contribution in [-0.4, -0.2) is 18.6 Å². The third-order valence-electron chi connectivity index (χ3n) is 3.70. The van der Waals surface area contributed by atoms with Crippen LogP contribution in [0, 0.1) is 0 Å². The quantitative estimate of drug-likeness (QED) is 0.834. The third kappa shape index (κ3) is 2.92. The van der Waals surface area contributed by atoms with E-state index in [-0.39, 0.29) is 5.91 Å². The van der Waals surface area contributed by atoms with E-state index >= 15 is 0 Å². The van der Waals surface area contributed by atoms with Crippen LogP contribution in [-0.2, 0) is 11.2 Å². The Kier molecular flexibility index (Phi) is 4.27. The Bertz CT molecular complexity index is 718. The molecule has 1 atom stereocenters. The van der Waals surface area contributed by atoms with Gasteiger partial charge >= 0.3 is 0 Å². The van der Waals surface area contributed by atoms with Crippen molar-refractivity contribution in [3.8, 4) is 5.75 Å². The van der Waals surface area contributed by atoms with E-state index in [0.29, 0.717) is 22.3 Å². The van der Waals surface area contributed by atoms with Gasteiger partial charge in [0, 0.05) is 17.3 Å². The summed E-state index contributed by atoms with van der Waals surface area (Å²) in [5.74, 6) is 0.385. The minimum Gasteiger partial charge on any atom is -0.479 e. The maximum atomic E-state index is 12.6. The normalized spacial score (nSPS) is 14.6. The summed E-state index contributed by atoms with van der Waals surface area (Å²) in [7, 11) is 0. The molecule has 3 nitrogen and oxygen atoms in total. The molecule has 5 heteroatoms. The number of anilines is 1. The Hall–Kier alpha value is -1.71. The van der Waals surface area contributed by atoms with Crippen LogP contribution in [0.1, 0.15) is 12.5 Å². The number of para-hydroxylation sites is 1. The number of fused-ring (bicyclic) bond motifs is 1. The van der Waals surface area contributed by atoms with E-state index in [9.17, 15) is 4.79 Å². The van der Waals surface area contributed by atoms with Gasteiger partial charge in [0.05, 0.1) is 5.02 Å². The SMILES string of the molecule is C[C@@H](Oc1ccc(Cl)cc1Cl)C(=O)N1CCc2ccccc21. The van der Waals surface area contributed by atoms with Gasteiger partial charge in [0.1, 0.15) is 5.75 Å². The van der Waals surface area contributed by atoms with Crippen LogP contribution in [0.25, 0.3) is 0 Å². The van der Waals surface area contributed by atoms with Gasteiger partial charge in [0.2, 0.25) is 0 Å². The Morgan fingerprint density at radius 1 is 1.23 bits per heavy atom. The fourth-order valence-corrected chi connectivity index (χ4v) is 3.05. The zero-order valence-corrected chi connectivity index (χ0v) is 13.6. The highest BCUT2D eigenvalue weighted by Crippen LogP contribution is 2.31. The lowest BCUT2D eigenvalue weighted by molar-refractivity contribution is -0.124. The third-order valence-corrected chi connectivity index (χ3v) is 4.23. The summed E-state index contributed by atoms with van der Waals surface area (Å²) < 4.78 is 5.71. The molecule has 3 rings (SSSR count). The van der Waals surface area contributed by atoms with Crippen molar-refractivity contribution in [2.24, 2.45) is 0 Å². The van der Waals surface area contributed by atoms with Crippen LogP contribution in [0.15, 0.2) is 42.5 Å². The smallest absolute Gasteiger partial charge is 0.267 e. The first kappa shape index (κ1) is 15.2. The summed E-state index contributed by atoms with van der Waals surface area (Å²) in [4.78, 5) is 14.4. The van der Waals surface area contributed by atoms with Gasteiger partial charge in [0.15, 0.2) is 6.10 Å². The molecule has 0 unspecified atom stereocenters. The molecule has 114 valence electrons.